The Morgan fingerprint density at radius 3 is 2.76 bits per heavy atom. The van der Waals surface area contributed by atoms with Crippen molar-refractivity contribution in [1.29, 1.82) is 0 Å². The second-order valence-electron chi connectivity index (χ2n) is 6.88. The van der Waals surface area contributed by atoms with Crippen LogP contribution >= 0.6 is 0 Å². The number of nitrogens with zero attached hydrogens (tertiary/aromatic N) is 3. The number of alkyl halides is 3. The van der Waals surface area contributed by atoms with Gasteiger partial charge in [0.1, 0.15) is 23.1 Å². The van der Waals surface area contributed by atoms with Crippen LogP contribution in [-0.4, -0.2) is 43.6 Å². The Balaban J connectivity index is 1.54. The van der Waals surface area contributed by atoms with E-state index in [0.29, 0.717) is 28.6 Å². The van der Waals surface area contributed by atoms with Crippen molar-refractivity contribution in [2.24, 2.45) is 5.92 Å². The van der Waals surface area contributed by atoms with Gasteiger partial charge in [0.25, 0.3) is 0 Å². The summed E-state index contributed by atoms with van der Waals surface area (Å²) in [6.45, 7) is 0.731. The molecule has 0 aliphatic carbocycles. The summed E-state index contributed by atoms with van der Waals surface area (Å²) in [7, 11) is 0. The monoisotopic (exact) mass is 424 g/mol. The van der Waals surface area contributed by atoms with Gasteiger partial charge in [0, 0.05) is 12.1 Å². The molecule has 29 heavy (non-hydrogen) atoms. The average Bonchev–Trinajstić information content (AvgIpc) is 3.10. The number of hydrogen-bond donors (Lipinski definition) is 1. The SMILES string of the molecule is [O-][S+]1CCC(CNc2ccc3ncc(-c4cccc(OC(F)(F)F)c4)n3n2)CC1. The number of halogens is 3. The second kappa shape index (κ2) is 8.11. The molecule has 0 bridgehead atoms. The van der Waals surface area contributed by atoms with Crippen LogP contribution in [0.25, 0.3) is 16.9 Å². The third-order valence-electron chi connectivity index (χ3n) is 4.81. The summed E-state index contributed by atoms with van der Waals surface area (Å²) in [4.78, 5) is 4.27. The number of imidazole rings is 1. The Kier molecular flexibility index (Phi) is 5.55. The molecule has 0 unspecified atom stereocenters. The van der Waals surface area contributed by atoms with Crippen LogP contribution in [-0.2, 0) is 11.2 Å². The number of benzene rings is 1. The van der Waals surface area contributed by atoms with Gasteiger partial charge < -0.3 is 14.6 Å². The van der Waals surface area contributed by atoms with Crippen molar-refractivity contribution in [1.82, 2.24) is 14.6 Å². The highest BCUT2D eigenvalue weighted by Gasteiger charge is 2.31. The molecule has 6 nitrogen and oxygen atoms in total. The molecular formula is C19H19F3N4O2S. The molecular weight excluding hydrogens is 405 g/mol. The van der Waals surface area contributed by atoms with Gasteiger partial charge in [-0.2, -0.15) is 0 Å². The third-order valence-corrected chi connectivity index (χ3v) is 6.19. The highest BCUT2D eigenvalue weighted by Crippen LogP contribution is 2.28. The Labute approximate surface area is 168 Å². The zero-order valence-corrected chi connectivity index (χ0v) is 16.2. The summed E-state index contributed by atoms with van der Waals surface area (Å²) in [6, 6.07) is 9.33. The van der Waals surface area contributed by atoms with Crippen LogP contribution in [0.5, 0.6) is 5.75 Å². The van der Waals surface area contributed by atoms with E-state index >= 15 is 0 Å². The Morgan fingerprint density at radius 1 is 1.21 bits per heavy atom. The summed E-state index contributed by atoms with van der Waals surface area (Å²) in [5.41, 5.74) is 1.66. The van der Waals surface area contributed by atoms with E-state index < -0.39 is 17.5 Å². The topological polar surface area (TPSA) is 74.5 Å². The van der Waals surface area contributed by atoms with Crippen molar-refractivity contribution < 1.29 is 22.5 Å². The summed E-state index contributed by atoms with van der Waals surface area (Å²) in [5.74, 6) is 2.27. The molecule has 0 spiro atoms. The van der Waals surface area contributed by atoms with Gasteiger partial charge >= 0.3 is 6.36 Å². The van der Waals surface area contributed by atoms with E-state index in [1.54, 1.807) is 22.8 Å². The molecule has 3 heterocycles. The van der Waals surface area contributed by atoms with Gasteiger partial charge in [-0.1, -0.05) is 23.3 Å². The molecule has 3 aromatic rings. The molecule has 4 rings (SSSR count). The second-order valence-corrected chi connectivity index (χ2v) is 8.58. The number of nitrogens with one attached hydrogen (secondary N) is 1. The molecule has 1 aliphatic heterocycles. The van der Waals surface area contributed by atoms with Crippen LogP contribution in [0.15, 0.2) is 42.6 Å². The van der Waals surface area contributed by atoms with Gasteiger partial charge in [0.15, 0.2) is 5.65 Å². The number of rotatable bonds is 5. The molecule has 1 fully saturated rings. The van der Waals surface area contributed by atoms with E-state index in [4.69, 9.17) is 0 Å². The first kappa shape index (κ1) is 19.8. The van der Waals surface area contributed by atoms with Crippen LogP contribution < -0.4 is 10.1 Å². The van der Waals surface area contributed by atoms with Gasteiger partial charge in [0.2, 0.25) is 0 Å². The van der Waals surface area contributed by atoms with E-state index in [0.717, 1.165) is 30.9 Å². The summed E-state index contributed by atoms with van der Waals surface area (Å²) in [6.07, 6.45) is -1.34. The van der Waals surface area contributed by atoms with Crippen molar-refractivity contribution in [3.8, 4) is 17.0 Å². The highest BCUT2D eigenvalue weighted by atomic mass is 32.2. The van der Waals surface area contributed by atoms with E-state index in [2.05, 4.69) is 20.1 Å². The highest BCUT2D eigenvalue weighted by molar-refractivity contribution is 7.91. The first-order chi connectivity index (χ1) is 13.9. The lowest BCUT2D eigenvalue weighted by molar-refractivity contribution is -0.274. The molecule has 1 saturated heterocycles. The van der Waals surface area contributed by atoms with Crippen molar-refractivity contribution in [3.63, 3.8) is 0 Å². The first-order valence-corrected chi connectivity index (χ1v) is 10.7. The predicted octanol–water partition coefficient (Wildman–Crippen LogP) is 3.87. The fraction of sp³-hybridized carbons (Fsp3) is 0.368. The van der Waals surface area contributed by atoms with Gasteiger partial charge in [0.05, 0.1) is 11.9 Å². The lowest BCUT2D eigenvalue weighted by atomic mass is 10.0. The van der Waals surface area contributed by atoms with Crippen LogP contribution in [0.4, 0.5) is 19.0 Å². The standard InChI is InChI=1S/C19H19F3N4O2S/c20-19(21,22)28-15-3-1-2-14(10-15)16-12-24-18-5-4-17(25-26(16)18)23-11-13-6-8-29(27)9-7-13/h1-5,10,12-13H,6-9,11H2,(H,23,25). The quantitative estimate of drug-likeness (QED) is 0.630. The van der Waals surface area contributed by atoms with E-state index in [9.17, 15) is 17.7 Å². The molecule has 0 atom stereocenters. The Morgan fingerprint density at radius 2 is 2.00 bits per heavy atom. The molecule has 0 saturated carbocycles. The number of anilines is 1. The minimum absolute atomic E-state index is 0.297. The smallest absolute Gasteiger partial charge is 0.573 e. The molecule has 1 aromatic carbocycles. The maximum absolute atomic E-state index is 12.5. The normalized spacial score (nSPS) is 20.0. The molecule has 1 aliphatic rings. The van der Waals surface area contributed by atoms with Crippen molar-refractivity contribution in [3.05, 3.63) is 42.6 Å². The molecule has 154 valence electrons. The van der Waals surface area contributed by atoms with Gasteiger partial charge in [-0.15, -0.1) is 18.3 Å². The number of hydrogen-bond acceptors (Lipinski definition) is 5. The maximum atomic E-state index is 12.5. The number of ether oxygens (including phenoxy) is 1. The Hall–Kier alpha value is -2.46. The summed E-state index contributed by atoms with van der Waals surface area (Å²) < 4.78 is 54.6. The number of aromatic nitrogens is 3. The lowest BCUT2D eigenvalue weighted by Gasteiger charge is -2.24. The molecule has 10 heteroatoms. The van der Waals surface area contributed by atoms with Crippen LogP contribution in [0.1, 0.15) is 12.8 Å². The lowest BCUT2D eigenvalue weighted by Crippen LogP contribution is -2.27. The number of fused-ring (bicyclic) bond motifs is 1. The summed E-state index contributed by atoms with van der Waals surface area (Å²) in [5, 5.41) is 7.84. The Bertz CT molecular complexity index is 987. The van der Waals surface area contributed by atoms with Crippen LogP contribution in [0.2, 0.25) is 0 Å². The first-order valence-electron chi connectivity index (χ1n) is 9.17. The van der Waals surface area contributed by atoms with Crippen molar-refractivity contribution in [2.45, 2.75) is 19.2 Å². The fourth-order valence-corrected chi connectivity index (χ4v) is 4.71. The minimum Gasteiger partial charge on any atom is -0.616 e. The predicted molar refractivity (Wildman–Crippen MR) is 104 cm³/mol. The zero-order valence-electron chi connectivity index (χ0n) is 15.4. The molecule has 1 N–H and O–H groups in total. The minimum atomic E-state index is -4.75. The van der Waals surface area contributed by atoms with Gasteiger partial charge in [-0.3, -0.25) is 0 Å². The molecule has 2 aromatic heterocycles. The van der Waals surface area contributed by atoms with Crippen LogP contribution in [0.3, 0.4) is 0 Å². The maximum Gasteiger partial charge on any atom is 0.573 e. The van der Waals surface area contributed by atoms with E-state index in [1.165, 1.54) is 18.2 Å². The van der Waals surface area contributed by atoms with Gasteiger partial charge in [-0.25, -0.2) is 9.50 Å². The van der Waals surface area contributed by atoms with Crippen molar-refractivity contribution in [2.75, 3.05) is 23.4 Å². The average molecular weight is 424 g/mol. The molecule has 0 amide bonds. The van der Waals surface area contributed by atoms with E-state index in [1.807, 2.05) is 6.07 Å². The van der Waals surface area contributed by atoms with Crippen molar-refractivity contribution >= 4 is 22.6 Å². The van der Waals surface area contributed by atoms with Crippen LogP contribution in [0, 0.1) is 5.92 Å². The molecule has 0 radical (unpaired) electrons. The largest absolute Gasteiger partial charge is 0.616 e. The van der Waals surface area contributed by atoms with Gasteiger partial charge in [-0.05, 0) is 43.0 Å². The van der Waals surface area contributed by atoms with E-state index in [-0.39, 0.29) is 5.75 Å². The fourth-order valence-electron chi connectivity index (χ4n) is 3.31. The third kappa shape index (κ3) is 4.94. The zero-order chi connectivity index (χ0) is 20.4. The summed E-state index contributed by atoms with van der Waals surface area (Å²) >= 11 is -0.691.